The second-order valence-electron chi connectivity index (χ2n) is 7.53. The summed E-state index contributed by atoms with van der Waals surface area (Å²) in [5.41, 5.74) is 1.49. The van der Waals surface area contributed by atoms with Gasteiger partial charge in [0.15, 0.2) is 17.5 Å². The van der Waals surface area contributed by atoms with Crippen molar-refractivity contribution in [1.29, 1.82) is 0 Å². The van der Waals surface area contributed by atoms with Gasteiger partial charge in [0.2, 0.25) is 0 Å². The maximum absolute atomic E-state index is 14.5. The predicted octanol–water partition coefficient (Wildman–Crippen LogP) is 5.64. The van der Waals surface area contributed by atoms with Crippen LogP contribution in [0.5, 0.6) is 0 Å². The Hall–Kier alpha value is -3.23. The van der Waals surface area contributed by atoms with Crippen molar-refractivity contribution in [3.05, 3.63) is 36.5 Å². The van der Waals surface area contributed by atoms with Crippen molar-refractivity contribution in [3.63, 3.8) is 0 Å². The molecule has 1 fully saturated rings. The fraction of sp³-hybridized carbons (Fsp3) is 0.520. The quantitative estimate of drug-likeness (QED) is 0.372. The van der Waals surface area contributed by atoms with Crippen molar-refractivity contribution in [2.75, 3.05) is 11.9 Å². The molecule has 4 rings (SSSR count). The molecule has 2 atom stereocenters. The van der Waals surface area contributed by atoms with E-state index in [0.717, 1.165) is 48.7 Å². The summed E-state index contributed by atoms with van der Waals surface area (Å²) in [6, 6.07) is 3.37. The van der Waals surface area contributed by atoms with Crippen LogP contribution in [-0.2, 0) is 0 Å². The van der Waals surface area contributed by atoms with Crippen molar-refractivity contribution in [2.45, 2.75) is 78.8 Å². The lowest BCUT2D eigenvalue weighted by atomic mass is 9.90. The number of H-pyrrole nitrogens is 1. The first-order valence-electron chi connectivity index (χ1n) is 12.4. The predicted molar refractivity (Wildman–Crippen MR) is 136 cm³/mol. The highest BCUT2D eigenvalue weighted by Gasteiger charge is 2.28. The van der Waals surface area contributed by atoms with Gasteiger partial charge in [-0.2, -0.15) is 0 Å². The van der Waals surface area contributed by atoms with Gasteiger partial charge in [0.05, 0.1) is 12.2 Å². The van der Waals surface area contributed by atoms with Crippen molar-refractivity contribution in [1.82, 2.24) is 30.6 Å². The average Bonchev–Trinajstić information content (AvgIpc) is 3.32. The van der Waals surface area contributed by atoms with Crippen LogP contribution < -0.4 is 16.0 Å². The minimum absolute atomic E-state index is 0.0919. The van der Waals surface area contributed by atoms with Crippen LogP contribution in [0.4, 0.5) is 15.0 Å². The number of hydrogen-bond acceptors (Lipinski definition) is 5. The molecule has 0 aromatic carbocycles. The van der Waals surface area contributed by atoms with Gasteiger partial charge in [-0.15, -0.1) is 0 Å². The number of aromatic nitrogens is 4. The topological polar surface area (TPSA) is 108 Å². The minimum atomic E-state index is -0.517. The molecule has 9 heteroatoms. The van der Waals surface area contributed by atoms with E-state index in [2.05, 4.69) is 35.9 Å². The number of rotatable bonds is 6. The second-order valence-corrected chi connectivity index (χ2v) is 7.53. The Morgan fingerprint density at radius 2 is 1.88 bits per heavy atom. The van der Waals surface area contributed by atoms with Crippen molar-refractivity contribution >= 4 is 22.9 Å². The van der Waals surface area contributed by atoms with Gasteiger partial charge in [0.1, 0.15) is 5.65 Å². The molecule has 0 aliphatic heterocycles. The summed E-state index contributed by atoms with van der Waals surface area (Å²) < 4.78 is 14.5. The average molecular weight is 472 g/mol. The summed E-state index contributed by atoms with van der Waals surface area (Å²) in [7, 11) is 0. The number of halogens is 1. The molecule has 0 bridgehead atoms. The summed E-state index contributed by atoms with van der Waals surface area (Å²) in [6.45, 7) is 10.6. The number of carbonyl (C=O) groups is 1. The molecule has 1 saturated carbocycles. The third kappa shape index (κ3) is 6.88. The summed E-state index contributed by atoms with van der Waals surface area (Å²) in [6.07, 6.45) is 9.24. The van der Waals surface area contributed by atoms with Gasteiger partial charge in [-0.05, 0) is 31.4 Å². The van der Waals surface area contributed by atoms with Crippen LogP contribution >= 0.6 is 0 Å². The van der Waals surface area contributed by atoms with Gasteiger partial charge < -0.3 is 20.9 Å². The van der Waals surface area contributed by atoms with Crippen molar-refractivity contribution < 1.29 is 9.18 Å². The number of hydrogen-bond donors (Lipinski definition) is 4. The molecule has 0 saturated heterocycles. The van der Waals surface area contributed by atoms with Gasteiger partial charge >= 0.3 is 6.03 Å². The van der Waals surface area contributed by atoms with E-state index >= 15 is 0 Å². The molecule has 3 heterocycles. The van der Waals surface area contributed by atoms with Gasteiger partial charge in [-0.3, -0.25) is 0 Å². The molecule has 1 aliphatic rings. The third-order valence-corrected chi connectivity index (χ3v) is 5.38. The van der Waals surface area contributed by atoms with E-state index in [0.29, 0.717) is 12.4 Å². The minimum Gasteiger partial charge on any atom is -0.363 e. The van der Waals surface area contributed by atoms with Crippen molar-refractivity contribution in [2.24, 2.45) is 0 Å². The fourth-order valence-electron chi connectivity index (χ4n) is 3.85. The summed E-state index contributed by atoms with van der Waals surface area (Å²) >= 11 is 0. The number of pyridine rings is 1. The Morgan fingerprint density at radius 3 is 2.62 bits per heavy atom. The zero-order valence-corrected chi connectivity index (χ0v) is 20.9. The SMILES string of the molecule is CC.CC.CCCNC(=O)NC1CCCCC1Nc1nc(-c2c[nH]c3ncccc23)ncc1F. The molecule has 186 valence electrons. The number of urea groups is 1. The molecular formula is C25H38FN7O. The molecular weight excluding hydrogens is 433 g/mol. The Morgan fingerprint density at radius 1 is 1.15 bits per heavy atom. The standard InChI is InChI=1S/C21H26FN7O.2C2H6/c1-2-9-24-21(30)28-17-8-4-3-7-16(17)27-20-15(22)12-26-19(29-20)14-11-25-18-13(14)6-5-10-23-18;2*1-2/h5-6,10-12,16-17H,2-4,7-9H2,1H3,(H,23,25)(H2,24,28,30)(H,26,27,29);2*1-2H3. The van der Waals surface area contributed by atoms with E-state index in [4.69, 9.17) is 0 Å². The molecule has 4 N–H and O–H groups in total. The molecule has 3 aromatic heterocycles. The summed E-state index contributed by atoms with van der Waals surface area (Å²) in [5.74, 6) is 0.0431. The van der Waals surface area contributed by atoms with E-state index < -0.39 is 5.82 Å². The van der Waals surface area contributed by atoms with E-state index in [1.165, 1.54) is 6.20 Å². The molecule has 2 amide bonds. The number of anilines is 1. The van der Waals surface area contributed by atoms with Crippen LogP contribution in [0.3, 0.4) is 0 Å². The molecule has 3 aromatic rings. The maximum Gasteiger partial charge on any atom is 0.315 e. The van der Waals surface area contributed by atoms with Gasteiger partial charge in [-0.1, -0.05) is 47.5 Å². The van der Waals surface area contributed by atoms with Gasteiger partial charge in [-0.25, -0.2) is 24.1 Å². The monoisotopic (exact) mass is 471 g/mol. The van der Waals surface area contributed by atoms with Crippen LogP contribution in [0.2, 0.25) is 0 Å². The van der Waals surface area contributed by atoms with E-state index in [1.807, 2.05) is 46.8 Å². The first-order valence-corrected chi connectivity index (χ1v) is 12.4. The summed E-state index contributed by atoms with van der Waals surface area (Å²) in [5, 5.41) is 9.94. The Balaban J connectivity index is 0.000000970. The van der Waals surface area contributed by atoms with Crippen molar-refractivity contribution in [3.8, 4) is 11.4 Å². The number of nitrogens with zero attached hydrogens (tertiary/aromatic N) is 3. The Kier molecular flexibility index (Phi) is 11.2. The van der Waals surface area contributed by atoms with Crippen LogP contribution in [-0.4, -0.2) is 44.6 Å². The molecule has 1 aliphatic carbocycles. The van der Waals surface area contributed by atoms with E-state index in [-0.39, 0.29) is 23.9 Å². The van der Waals surface area contributed by atoms with Crippen LogP contribution in [0, 0.1) is 5.82 Å². The normalized spacial score (nSPS) is 17.0. The third-order valence-electron chi connectivity index (χ3n) is 5.38. The molecule has 0 spiro atoms. The zero-order valence-electron chi connectivity index (χ0n) is 20.9. The highest BCUT2D eigenvalue weighted by Crippen LogP contribution is 2.27. The first-order chi connectivity index (χ1) is 16.7. The number of nitrogens with one attached hydrogen (secondary N) is 4. The Labute approximate surface area is 201 Å². The smallest absolute Gasteiger partial charge is 0.315 e. The maximum atomic E-state index is 14.5. The van der Waals surface area contributed by atoms with Gasteiger partial charge in [0.25, 0.3) is 0 Å². The van der Waals surface area contributed by atoms with Crippen LogP contribution in [0.15, 0.2) is 30.7 Å². The lowest BCUT2D eigenvalue weighted by molar-refractivity contribution is 0.230. The van der Waals surface area contributed by atoms with Gasteiger partial charge in [0, 0.05) is 35.9 Å². The van der Waals surface area contributed by atoms with E-state index in [9.17, 15) is 9.18 Å². The first kappa shape index (κ1) is 27.0. The highest BCUT2D eigenvalue weighted by molar-refractivity contribution is 5.91. The number of aromatic amines is 1. The lowest BCUT2D eigenvalue weighted by Crippen LogP contribution is -2.51. The van der Waals surface area contributed by atoms with Crippen LogP contribution in [0.1, 0.15) is 66.7 Å². The largest absolute Gasteiger partial charge is 0.363 e. The molecule has 0 radical (unpaired) electrons. The lowest BCUT2D eigenvalue weighted by Gasteiger charge is -2.33. The Bertz CT molecular complexity index is 1020. The van der Waals surface area contributed by atoms with E-state index in [1.54, 1.807) is 12.4 Å². The molecule has 8 nitrogen and oxygen atoms in total. The number of amides is 2. The fourth-order valence-corrected chi connectivity index (χ4v) is 3.85. The molecule has 2 unspecified atom stereocenters. The zero-order chi connectivity index (χ0) is 24.9. The van der Waals surface area contributed by atoms with Crippen LogP contribution in [0.25, 0.3) is 22.4 Å². The summed E-state index contributed by atoms with van der Waals surface area (Å²) in [4.78, 5) is 28.1. The highest BCUT2D eigenvalue weighted by atomic mass is 19.1. The second kappa shape index (κ2) is 14.1. The molecule has 34 heavy (non-hydrogen) atoms. The number of fused-ring (bicyclic) bond motifs is 1. The number of carbonyl (C=O) groups excluding carboxylic acids is 1.